The van der Waals surface area contributed by atoms with Gasteiger partial charge >= 0.3 is 6.09 Å². The molecule has 0 saturated carbocycles. The van der Waals surface area contributed by atoms with Crippen molar-refractivity contribution in [2.24, 2.45) is 5.92 Å². The van der Waals surface area contributed by atoms with Gasteiger partial charge in [0.1, 0.15) is 5.60 Å². The van der Waals surface area contributed by atoms with Crippen molar-refractivity contribution in [2.45, 2.75) is 72.6 Å². The number of hydrogen-bond donors (Lipinski definition) is 0. The largest absolute Gasteiger partial charge is 0.444 e. The van der Waals surface area contributed by atoms with Gasteiger partial charge in [0, 0.05) is 37.6 Å². The minimum atomic E-state index is -0.562. The number of ether oxygens (including phenoxy) is 1. The van der Waals surface area contributed by atoms with E-state index in [4.69, 9.17) is 4.74 Å². The fraction of sp³-hybridized carbons (Fsp3) is 0.600. The number of carbonyl (C=O) groups excluding carboxylic acids is 2. The highest BCUT2D eigenvalue weighted by atomic mass is 16.6. The number of carbonyl (C=O) groups is 2. The van der Waals surface area contributed by atoms with Crippen molar-refractivity contribution in [1.82, 2.24) is 19.6 Å². The van der Waals surface area contributed by atoms with E-state index in [9.17, 15) is 14.4 Å². The van der Waals surface area contributed by atoms with Gasteiger partial charge in [0.2, 0.25) is 0 Å². The third-order valence-electron chi connectivity index (χ3n) is 5.88. The summed E-state index contributed by atoms with van der Waals surface area (Å²) >= 11 is 0. The van der Waals surface area contributed by atoms with E-state index in [1.165, 1.54) is 4.68 Å². The van der Waals surface area contributed by atoms with Gasteiger partial charge in [0.05, 0.1) is 5.39 Å². The number of likely N-dealkylation sites (tertiary alicyclic amines) is 1. The average molecular weight is 457 g/mol. The second-order valence-electron chi connectivity index (χ2n) is 10.0. The Labute approximate surface area is 195 Å². The normalized spacial score (nSPS) is 16.8. The Hall–Kier alpha value is -2.90. The molecule has 33 heavy (non-hydrogen) atoms. The molecule has 2 heterocycles. The van der Waals surface area contributed by atoms with Crippen molar-refractivity contribution in [2.75, 3.05) is 19.6 Å². The zero-order valence-corrected chi connectivity index (χ0v) is 20.6. The second-order valence-corrected chi connectivity index (χ2v) is 10.0. The summed E-state index contributed by atoms with van der Waals surface area (Å²) in [5.41, 5.74) is -0.444. The first kappa shape index (κ1) is 24.7. The van der Waals surface area contributed by atoms with Crippen LogP contribution in [0, 0.1) is 5.92 Å². The molecule has 1 aromatic heterocycles. The van der Waals surface area contributed by atoms with E-state index in [1.54, 1.807) is 28.0 Å². The molecule has 2 amide bonds. The van der Waals surface area contributed by atoms with Crippen LogP contribution in [0.4, 0.5) is 4.79 Å². The highest BCUT2D eigenvalue weighted by Gasteiger charge is 2.31. The summed E-state index contributed by atoms with van der Waals surface area (Å²) in [7, 11) is 0. The number of hydrogen-bond acceptors (Lipinski definition) is 5. The molecule has 1 saturated heterocycles. The SMILES string of the molecule is CCn1nc(C(=O)N2CCCC(CN(C(=O)OC(C)(C)C)C(C)C)C2)c2ccccc2c1=O. The molecule has 1 aromatic carbocycles. The highest BCUT2D eigenvalue weighted by molar-refractivity contribution is 6.04. The van der Waals surface area contributed by atoms with Gasteiger partial charge in [-0.25, -0.2) is 9.48 Å². The number of piperidine rings is 1. The first-order chi connectivity index (χ1) is 15.5. The molecule has 0 aliphatic carbocycles. The van der Waals surface area contributed by atoms with Crippen molar-refractivity contribution in [3.8, 4) is 0 Å². The van der Waals surface area contributed by atoms with Gasteiger partial charge < -0.3 is 14.5 Å². The zero-order valence-electron chi connectivity index (χ0n) is 20.6. The smallest absolute Gasteiger partial charge is 0.410 e. The number of amides is 2. The Balaban J connectivity index is 1.82. The van der Waals surface area contributed by atoms with Crippen LogP contribution in [0.2, 0.25) is 0 Å². The van der Waals surface area contributed by atoms with Crippen LogP contribution in [0.25, 0.3) is 10.8 Å². The lowest BCUT2D eigenvalue weighted by molar-refractivity contribution is 0.0123. The molecule has 1 aliphatic heterocycles. The van der Waals surface area contributed by atoms with E-state index in [0.29, 0.717) is 42.6 Å². The molecule has 0 N–H and O–H groups in total. The van der Waals surface area contributed by atoms with Crippen LogP contribution in [0.3, 0.4) is 0 Å². The van der Waals surface area contributed by atoms with E-state index in [2.05, 4.69) is 5.10 Å². The van der Waals surface area contributed by atoms with Crippen molar-refractivity contribution in [3.05, 3.63) is 40.3 Å². The van der Waals surface area contributed by atoms with Crippen LogP contribution >= 0.6 is 0 Å². The van der Waals surface area contributed by atoms with Crippen LogP contribution in [-0.2, 0) is 11.3 Å². The first-order valence-corrected chi connectivity index (χ1v) is 11.8. The summed E-state index contributed by atoms with van der Waals surface area (Å²) in [6.45, 7) is 13.4. The van der Waals surface area contributed by atoms with E-state index in [0.717, 1.165) is 12.8 Å². The van der Waals surface area contributed by atoms with Crippen molar-refractivity contribution < 1.29 is 14.3 Å². The minimum Gasteiger partial charge on any atom is -0.444 e. The predicted molar refractivity (Wildman–Crippen MR) is 128 cm³/mol. The maximum Gasteiger partial charge on any atom is 0.410 e. The van der Waals surface area contributed by atoms with E-state index in [1.807, 2.05) is 47.6 Å². The highest BCUT2D eigenvalue weighted by Crippen LogP contribution is 2.23. The maximum atomic E-state index is 13.5. The number of benzene rings is 1. The number of rotatable bonds is 5. The molecule has 3 rings (SSSR count). The van der Waals surface area contributed by atoms with Gasteiger partial charge in [-0.15, -0.1) is 0 Å². The van der Waals surface area contributed by atoms with Crippen LogP contribution in [0.15, 0.2) is 29.1 Å². The summed E-state index contributed by atoms with van der Waals surface area (Å²) < 4.78 is 6.94. The van der Waals surface area contributed by atoms with Gasteiger partial charge in [-0.3, -0.25) is 9.59 Å². The average Bonchev–Trinajstić information content (AvgIpc) is 2.76. The number of aryl methyl sites for hydroxylation is 1. The van der Waals surface area contributed by atoms with Gasteiger partial charge in [-0.1, -0.05) is 18.2 Å². The lowest BCUT2D eigenvalue weighted by Gasteiger charge is -2.37. The summed E-state index contributed by atoms with van der Waals surface area (Å²) in [6, 6.07) is 7.12. The molecule has 180 valence electrons. The first-order valence-electron chi connectivity index (χ1n) is 11.8. The molecule has 0 bridgehead atoms. The van der Waals surface area contributed by atoms with Crippen molar-refractivity contribution in [1.29, 1.82) is 0 Å². The lowest BCUT2D eigenvalue weighted by Crippen LogP contribution is -2.48. The molecule has 8 heteroatoms. The Bertz CT molecular complexity index is 1070. The molecule has 1 fully saturated rings. The van der Waals surface area contributed by atoms with Gasteiger partial charge in [0.25, 0.3) is 11.5 Å². The van der Waals surface area contributed by atoms with Crippen molar-refractivity contribution >= 4 is 22.8 Å². The van der Waals surface area contributed by atoms with Gasteiger partial charge in [-0.05, 0) is 66.4 Å². The van der Waals surface area contributed by atoms with Gasteiger partial charge in [-0.2, -0.15) is 5.10 Å². The number of nitrogens with zero attached hydrogens (tertiary/aromatic N) is 4. The standard InChI is InChI=1S/C25H36N4O4/c1-7-29-22(30)20-13-9-8-12-19(20)21(26-29)23(31)27-14-10-11-18(15-27)16-28(17(2)3)24(32)33-25(4,5)6/h8-9,12-13,17-18H,7,10-11,14-16H2,1-6H3. The third kappa shape index (κ3) is 5.72. The Kier molecular flexibility index (Phi) is 7.44. The fourth-order valence-corrected chi connectivity index (χ4v) is 4.25. The second kappa shape index (κ2) is 9.93. The third-order valence-corrected chi connectivity index (χ3v) is 5.88. The number of fused-ring (bicyclic) bond motifs is 1. The molecule has 1 unspecified atom stereocenters. The summed E-state index contributed by atoms with van der Waals surface area (Å²) in [5.74, 6) is -0.0348. The van der Waals surface area contributed by atoms with Gasteiger partial charge in [0.15, 0.2) is 5.69 Å². The molecule has 8 nitrogen and oxygen atoms in total. The van der Waals surface area contributed by atoms with E-state index in [-0.39, 0.29) is 29.5 Å². The van der Waals surface area contributed by atoms with Crippen molar-refractivity contribution in [3.63, 3.8) is 0 Å². The Morgan fingerprint density at radius 3 is 2.48 bits per heavy atom. The quantitative estimate of drug-likeness (QED) is 0.681. The lowest BCUT2D eigenvalue weighted by atomic mass is 9.96. The molecular formula is C25H36N4O4. The van der Waals surface area contributed by atoms with Crippen LogP contribution in [0.5, 0.6) is 0 Å². The summed E-state index contributed by atoms with van der Waals surface area (Å²) in [5, 5.41) is 5.49. The Morgan fingerprint density at radius 2 is 1.88 bits per heavy atom. The Morgan fingerprint density at radius 1 is 1.21 bits per heavy atom. The van der Waals surface area contributed by atoms with Crippen LogP contribution in [-0.4, -0.2) is 62.9 Å². The van der Waals surface area contributed by atoms with E-state index < -0.39 is 5.60 Å². The van der Waals surface area contributed by atoms with Crippen LogP contribution < -0.4 is 5.56 Å². The summed E-state index contributed by atoms with van der Waals surface area (Å²) in [4.78, 5) is 42.5. The minimum absolute atomic E-state index is 0.00958. The predicted octanol–water partition coefficient (Wildman–Crippen LogP) is 3.91. The molecule has 1 atom stereocenters. The molecular weight excluding hydrogens is 420 g/mol. The summed E-state index contributed by atoms with van der Waals surface area (Å²) in [6.07, 6.45) is 1.45. The number of aromatic nitrogens is 2. The molecule has 2 aromatic rings. The molecule has 1 aliphatic rings. The molecule has 0 spiro atoms. The molecule has 0 radical (unpaired) electrons. The maximum absolute atomic E-state index is 13.5. The zero-order chi connectivity index (χ0) is 24.3. The topological polar surface area (TPSA) is 84.7 Å². The van der Waals surface area contributed by atoms with E-state index >= 15 is 0 Å². The fourth-order valence-electron chi connectivity index (χ4n) is 4.25. The monoisotopic (exact) mass is 456 g/mol. The van der Waals surface area contributed by atoms with Crippen LogP contribution in [0.1, 0.15) is 64.9 Å².